The second-order valence-corrected chi connectivity index (χ2v) is 6.59. The van der Waals surface area contributed by atoms with Gasteiger partial charge in [0.15, 0.2) is 0 Å². The first-order valence-corrected chi connectivity index (χ1v) is 8.96. The molecule has 0 atom stereocenters. The average molecular weight is 396 g/mol. The number of aryl methyl sites for hydroxylation is 1. The van der Waals surface area contributed by atoms with Crippen LogP contribution in [0.25, 0.3) is 11.1 Å². The predicted molar refractivity (Wildman–Crippen MR) is 111 cm³/mol. The molecule has 150 valence electrons. The summed E-state index contributed by atoms with van der Waals surface area (Å²) in [6.07, 6.45) is 0.548. The Morgan fingerprint density at radius 2 is 1.83 bits per heavy atom. The van der Waals surface area contributed by atoms with Crippen molar-refractivity contribution in [1.29, 1.82) is 0 Å². The number of anilines is 3. The third-order valence-corrected chi connectivity index (χ3v) is 4.57. The Kier molecular flexibility index (Phi) is 5.58. The largest absolute Gasteiger partial charge is 0.383 e. The Morgan fingerprint density at radius 1 is 1.14 bits per heavy atom. The van der Waals surface area contributed by atoms with Crippen molar-refractivity contribution in [2.75, 3.05) is 23.4 Å². The van der Waals surface area contributed by atoms with Crippen LogP contribution >= 0.6 is 0 Å². The van der Waals surface area contributed by atoms with Crippen molar-refractivity contribution in [3.05, 3.63) is 69.7 Å². The number of hydrogen-bond donors (Lipinski definition) is 2. The second kappa shape index (κ2) is 8.09. The number of nitrogen functional groups attached to an aromatic ring is 2. The first-order valence-electron chi connectivity index (χ1n) is 8.96. The van der Waals surface area contributed by atoms with E-state index in [1.807, 2.05) is 6.92 Å². The molecule has 0 bridgehead atoms. The molecule has 2 aromatic carbocycles. The summed E-state index contributed by atoms with van der Waals surface area (Å²) in [7, 11) is 1.74. The van der Waals surface area contributed by atoms with Gasteiger partial charge in [0.05, 0.1) is 10.6 Å². The topological polar surface area (TPSA) is 124 Å². The Bertz CT molecular complexity index is 1060. The molecule has 0 spiro atoms. The lowest BCUT2D eigenvalue weighted by Crippen LogP contribution is -2.17. The molecule has 29 heavy (non-hydrogen) atoms. The van der Waals surface area contributed by atoms with Gasteiger partial charge in [-0.1, -0.05) is 25.1 Å². The first-order chi connectivity index (χ1) is 13.8. The van der Waals surface area contributed by atoms with Crippen LogP contribution in [0.5, 0.6) is 0 Å². The van der Waals surface area contributed by atoms with Gasteiger partial charge in [-0.05, 0) is 35.7 Å². The number of nitro benzene ring substituents is 1. The van der Waals surface area contributed by atoms with E-state index < -0.39 is 4.92 Å². The van der Waals surface area contributed by atoms with Crippen molar-refractivity contribution in [1.82, 2.24) is 9.97 Å². The van der Waals surface area contributed by atoms with E-state index in [9.17, 15) is 14.5 Å². The zero-order valence-electron chi connectivity index (χ0n) is 16.1. The van der Waals surface area contributed by atoms with Gasteiger partial charge in [-0.3, -0.25) is 10.1 Å². The first kappa shape index (κ1) is 20.0. The molecule has 1 heterocycles. The molecule has 4 N–H and O–H groups in total. The van der Waals surface area contributed by atoms with Gasteiger partial charge in [0.1, 0.15) is 17.3 Å². The molecule has 0 aliphatic heterocycles. The summed E-state index contributed by atoms with van der Waals surface area (Å²) in [4.78, 5) is 21.2. The SMILES string of the molecule is CCc1nc(N)nc(N)c1-c1ccc(N(C)Cc2ccc(F)cc2)c([N+](=O)[O-])c1. The summed E-state index contributed by atoms with van der Waals surface area (Å²) in [6, 6.07) is 10.9. The summed E-state index contributed by atoms with van der Waals surface area (Å²) in [6.45, 7) is 2.28. The third kappa shape index (κ3) is 4.23. The number of nitro groups is 1. The van der Waals surface area contributed by atoms with E-state index in [0.29, 0.717) is 35.5 Å². The normalized spacial score (nSPS) is 10.7. The number of nitrogens with two attached hydrogens (primary N) is 2. The van der Waals surface area contributed by atoms with Crippen LogP contribution in [0.4, 0.5) is 27.5 Å². The number of nitrogens with zero attached hydrogens (tertiary/aromatic N) is 4. The van der Waals surface area contributed by atoms with Crippen LogP contribution in [0.15, 0.2) is 42.5 Å². The van der Waals surface area contributed by atoms with Gasteiger partial charge in [-0.25, -0.2) is 9.37 Å². The minimum absolute atomic E-state index is 0.0632. The Morgan fingerprint density at radius 3 is 2.45 bits per heavy atom. The third-order valence-electron chi connectivity index (χ3n) is 4.57. The van der Waals surface area contributed by atoms with Gasteiger partial charge in [0, 0.05) is 25.2 Å². The molecule has 9 heteroatoms. The van der Waals surface area contributed by atoms with Gasteiger partial charge >= 0.3 is 0 Å². The van der Waals surface area contributed by atoms with Gasteiger partial charge < -0.3 is 16.4 Å². The molecule has 0 radical (unpaired) electrons. The molecule has 0 amide bonds. The highest BCUT2D eigenvalue weighted by molar-refractivity contribution is 5.81. The highest BCUT2D eigenvalue weighted by Crippen LogP contribution is 2.36. The lowest BCUT2D eigenvalue weighted by Gasteiger charge is -2.20. The van der Waals surface area contributed by atoms with E-state index in [2.05, 4.69) is 9.97 Å². The molecular weight excluding hydrogens is 375 g/mol. The van der Waals surface area contributed by atoms with E-state index >= 15 is 0 Å². The molecule has 0 saturated carbocycles. The minimum atomic E-state index is -0.444. The zero-order chi connectivity index (χ0) is 21.1. The molecule has 3 rings (SSSR count). The molecule has 0 aliphatic rings. The lowest BCUT2D eigenvalue weighted by atomic mass is 10.0. The summed E-state index contributed by atoms with van der Waals surface area (Å²) >= 11 is 0. The van der Waals surface area contributed by atoms with Crippen molar-refractivity contribution >= 4 is 23.1 Å². The Labute approximate surface area is 167 Å². The minimum Gasteiger partial charge on any atom is -0.383 e. The molecular formula is C20H21FN6O2. The Hall–Kier alpha value is -3.75. The fourth-order valence-corrected chi connectivity index (χ4v) is 3.21. The van der Waals surface area contributed by atoms with Crippen LogP contribution in [-0.2, 0) is 13.0 Å². The number of halogens is 1. The monoisotopic (exact) mass is 396 g/mol. The maximum absolute atomic E-state index is 13.1. The standard InChI is InChI=1S/C20H21FN6O2/c1-3-15-18(19(22)25-20(23)24-15)13-6-9-16(17(10-13)27(28)29)26(2)11-12-4-7-14(21)8-5-12/h4-10H,3,11H2,1-2H3,(H4,22,23,24,25). The summed E-state index contributed by atoms with van der Waals surface area (Å²) in [5.74, 6) is -0.0916. The summed E-state index contributed by atoms with van der Waals surface area (Å²) in [5, 5.41) is 11.7. The fraction of sp³-hybridized carbons (Fsp3) is 0.200. The second-order valence-electron chi connectivity index (χ2n) is 6.59. The van der Waals surface area contributed by atoms with Crippen molar-refractivity contribution in [3.63, 3.8) is 0 Å². The van der Waals surface area contributed by atoms with Crippen molar-refractivity contribution in [2.45, 2.75) is 19.9 Å². The maximum atomic E-state index is 13.1. The fourth-order valence-electron chi connectivity index (χ4n) is 3.21. The lowest BCUT2D eigenvalue weighted by molar-refractivity contribution is -0.384. The van der Waals surface area contributed by atoms with Crippen LogP contribution < -0.4 is 16.4 Å². The van der Waals surface area contributed by atoms with Crippen molar-refractivity contribution in [3.8, 4) is 11.1 Å². The predicted octanol–water partition coefficient (Wildman–Crippen LogP) is 3.55. The van der Waals surface area contributed by atoms with Crippen LogP contribution in [0.1, 0.15) is 18.2 Å². The summed E-state index contributed by atoms with van der Waals surface area (Å²) < 4.78 is 13.1. The highest BCUT2D eigenvalue weighted by atomic mass is 19.1. The van der Waals surface area contributed by atoms with Crippen LogP contribution in [-0.4, -0.2) is 21.9 Å². The van der Waals surface area contributed by atoms with E-state index in [1.54, 1.807) is 36.2 Å². The molecule has 1 aromatic heterocycles. The van der Waals surface area contributed by atoms with E-state index in [-0.39, 0.29) is 23.3 Å². The van der Waals surface area contributed by atoms with Crippen molar-refractivity contribution in [2.24, 2.45) is 0 Å². The molecule has 0 fully saturated rings. The van der Waals surface area contributed by atoms with E-state index in [0.717, 1.165) is 5.56 Å². The van der Waals surface area contributed by atoms with Crippen LogP contribution in [0.3, 0.4) is 0 Å². The zero-order valence-corrected chi connectivity index (χ0v) is 16.1. The maximum Gasteiger partial charge on any atom is 0.293 e. The number of aromatic nitrogens is 2. The Balaban J connectivity index is 2.02. The van der Waals surface area contributed by atoms with Crippen LogP contribution in [0.2, 0.25) is 0 Å². The van der Waals surface area contributed by atoms with Gasteiger partial charge in [-0.2, -0.15) is 4.98 Å². The molecule has 3 aromatic rings. The number of benzene rings is 2. The average Bonchev–Trinajstić information content (AvgIpc) is 2.68. The molecule has 0 unspecified atom stereocenters. The van der Waals surface area contributed by atoms with E-state index in [4.69, 9.17) is 11.5 Å². The van der Waals surface area contributed by atoms with E-state index in [1.165, 1.54) is 18.2 Å². The molecule has 0 saturated heterocycles. The van der Waals surface area contributed by atoms with Gasteiger partial charge in [0.2, 0.25) is 5.95 Å². The highest BCUT2D eigenvalue weighted by Gasteiger charge is 2.21. The van der Waals surface area contributed by atoms with Crippen molar-refractivity contribution < 1.29 is 9.31 Å². The van der Waals surface area contributed by atoms with Gasteiger partial charge in [0.25, 0.3) is 5.69 Å². The summed E-state index contributed by atoms with van der Waals surface area (Å²) in [5.41, 5.74) is 14.6. The number of rotatable bonds is 6. The quantitative estimate of drug-likeness (QED) is 0.482. The smallest absolute Gasteiger partial charge is 0.293 e. The van der Waals surface area contributed by atoms with Crippen LogP contribution in [0, 0.1) is 15.9 Å². The molecule has 8 nitrogen and oxygen atoms in total. The molecule has 0 aliphatic carbocycles. The van der Waals surface area contributed by atoms with Gasteiger partial charge in [-0.15, -0.1) is 0 Å². The number of hydrogen-bond acceptors (Lipinski definition) is 7.